The number of rotatable bonds is 0. The standard InChI is InChI=1S/C21H36O2/c1-18(22)11-12-19(2)14(13-18)5-6-15-16(19)7-9-20(3)17(15)8-10-21(20,4)23/h14-17,22-23H,5-13H2,1-4H3/t14-,15+,16-,17-,18+,19-,20-,21-/m0/s1. The normalized spacial score (nSPS) is 62.3. The first-order valence-corrected chi connectivity index (χ1v) is 10.0. The van der Waals surface area contributed by atoms with Crippen LogP contribution in [0.1, 0.15) is 85.5 Å². The molecule has 0 bridgehead atoms. The highest BCUT2D eigenvalue weighted by molar-refractivity contribution is 5.13. The van der Waals surface area contributed by atoms with E-state index in [-0.39, 0.29) is 5.41 Å². The fourth-order valence-electron chi connectivity index (χ4n) is 7.67. The molecule has 2 nitrogen and oxygen atoms in total. The van der Waals surface area contributed by atoms with Crippen LogP contribution in [0.4, 0.5) is 0 Å². The highest BCUT2D eigenvalue weighted by Crippen LogP contribution is 2.68. The minimum atomic E-state index is -0.462. The molecule has 4 fully saturated rings. The lowest BCUT2D eigenvalue weighted by atomic mass is 9.44. The van der Waals surface area contributed by atoms with E-state index in [0.29, 0.717) is 11.3 Å². The van der Waals surface area contributed by atoms with Crippen LogP contribution in [-0.2, 0) is 0 Å². The first-order valence-electron chi connectivity index (χ1n) is 10.0. The van der Waals surface area contributed by atoms with Gasteiger partial charge < -0.3 is 10.2 Å². The van der Waals surface area contributed by atoms with Crippen molar-refractivity contribution < 1.29 is 10.2 Å². The predicted molar refractivity (Wildman–Crippen MR) is 93.0 cm³/mol. The molecule has 0 aromatic heterocycles. The molecule has 0 heterocycles. The molecule has 2 N–H and O–H groups in total. The Hall–Kier alpha value is -0.0800. The van der Waals surface area contributed by atoms with E-state index >= 15 is 0 Å². The summed E-state index contributed by atoms with van der Waals surface area (Å²) in [6, 6.07) is 0. The van der Waals surface area contributed by atoms with Crippen molar-refractivity contribution in [3.63, 3.8) is 0 Å². The van der Waals surface area contributed by atoms with Gasteiger partial charge in [0.2, 0.25) is 0 Å². The lowest BCUT2D eigenvalue weighted by molar-refractivity contribution is -0.164. The van der Waals surface area contributed by atoms with Crippen molar-refractivity contribution in [1.29, 1.82) is 0 Å². The first kappa shape index (κ1) is 16.4. The van der Waals surface area contributed by atoms with Gasteiger partial charge in [-0.3, -0.25) is 0 Å². The van der Waals surface area contributed by atoms with E-state index in [1.165, 1.54) is 38.5 Å². The second-order valence-corrected chi connectivity index (χ2v) is 10.6. The molecular formula is C21H36O2. The fourth-order valence-corrected chi connectivity index (χ4v) is 7.67. The molecule has 4 aliphatic rings. The predicted octanol–water partition coefficient (Wildman–Crippen LogP) is 4.53. The van der Waals surface area contributed by atoms with Crippen molar-refractivity contribution in [2.75, 3.05) is 0 Å². The number of fused-ring (bicyclic) bond motifs is 5. The van der Waals surface area contributed by atoms with Gasteiger partial charge in [-0.2, -0.15) is 0 Å². The van der Waals surface area contributed by atoms with Gasteiger partial charge in [0.15, 0.2) is 0 Å². The summed E-state index contributed by atoms with van der Waals surface area (Å²) in [6.45, 7) is 9.06. The van der Waals surface area contributed by atoms with E-state index in [2.05, 4.69) is 20.8 Å². The van der Waals surface area contributed by atoms with E-state index in [1.807, 2.05) is 6.92 Å². The Morgan fingerprint density at radius 2 is 1.43 bits per heavy atom. The topological polar surface area (TPSA) is 40.5 Å². The van der Waals surface area contributed by atoms with Gasteiger partial charge in [0.25, 0.3) is 0 Å². The van der Waals surface area contributed by atoms with Crippen LogP contribution >= 0.6 is 0 Å². The van der Waals surface area contributed by atoms with Crippen LogP contribution in [0, 0.1) is 34.5 Å². The zero-order chi connectivity index (χ0) is 16.7. The Labute approximate surface area is 142 Å². The van der Waals surface area contributed by atoms with E-state index in [4.69, 9.17) is 0 Å². The number of hydrogen-bond acceptors (Lipinski definition) is 2. The zero-order valence-electron chi connectivity index (χ0n) is 15.6. The van der Waals surface area contributed by atoms with Gasteiger partial charge in [0.05, 0.1) is 11.2 Å². The van der Waals surface area contributed by atoms with Gasteiger partial charge in [-0.25, -0.2) is 0 Å². The summed E-state index contributed by atoms with van der Waals surface area (Å²) in [5, 5.41) is 21.5. The molecule has 132 valence electrons. The van der Waals surface area contributed by atoms with Gasteiger partial charge in [-0.1, -0.05) is 13.8 Å². The van der Waals surface area contributed by atoms with Crippen LogP contribution in [0.5, 0.6) is 0 Å². The fraction of sp³-hybridized carbons (Fsp3) is 1.00. The molecule has 2 heteroatoms. The average Bonchev–Trinajstić information content (AvgIpc) is 2.70. The Morgan fingerprint density at radius 1 is 0.739 bits per heavy atom. The van der Waals surface area contributed by atoms with Gasteiger partial charge in [0, 0.05) is 0 Å². The molecule has 0 amide bonds. The Kier molecular flexibility index (Phi) is 3.39. The van der Waals surface area contributed by atoms with Crippen LogP contribution in [0.3, 0.4) is 0 Å². The van der Waals surface area contributed by atoms with E-state index < -0.39 is 11.2 Å². The molecule has 0 aromatic rings. The number of aliphatic hydroxyl groups is 2. The van der Waals surface area contributed by atoms with E-state index in [1.54, 1.807) is 0 Å². The molecule has 4 rings (SSSR count). The Morgan fingerprint density at radius 3 is 2.17 bits per heavy atom. The van der Waals surface area contributed by atoms with Gasteiger partial charge in [-0.15, -0.1) is 0 Å². The molecule has 0 aromatic carbocycles. The van der Waals surface area contributed by atoms with Crippen LogP contribution < -0.4 is 0 Å². The van der Waals surface area contributed by atoms with E-state index in [0.717, 1.165) is 37.0 Å². The summed E-state index contributed by atoms with van der Waals surface area (Å²) < 4.78 is 0. The average molecular weight is 321 g/mol. The molecule has 23 heavy (non-hydrogen) atoms. The van der Waals surface area contributed by atoms with Crippen LogP contribution in [-0.4, -0.2) is 21.4 Å². The maximum atomic E-state index is 11.0. The van der Waals surface area contributed by atoms with Crippen LogP contribution in [0.25, 0.3) is 0 Å². The second-order valence-electron chi connectivity index (χ2n) is 10.6. The molecule has 0 saturated heterocycles. The summed E-state index contributed by atoms with van der Waals surface area (Å²) in [4.78, 5) is 0. The van der Waals surface area contributed by atoms with E-state index in [9.17, 15) is 10.2 Å². The van der Waals surface area contributed by atoms with Crippen molar-refractivity contribution in [2.45, 2.75) is 96.7 Å². The highest BCUT2D eigenvalue weighted by atomic mass is 16.3. The molecule has 4 aliphatic carbocycles. The molecule has 8 atom stereocenters. The molecule has 4 saturated carbocycles. The molecular weight excluding hydrogens is 284 g/mol. The Bertz CT molecular complexity index is 496. The van der Waals surface area contributed by atoms with Crippen LogP contribution in [0.15, 0.2) is 0 Å². The third-order valence-electron chi connectivity index (χ3n) is 9.52. The highest BCUT2D eigenvalue weighted by Gasteiger charge is 2.63. The van der Waals surface area contributed by atoms with Crippen LogP contribution in [0.2, 0.25) is 0 Å². The van der Waals surface area contributed by atoms with Crippen molar-refractivity contribution in [3.05, 3.63) is 0 Å². The molecule has 0 unspecified atom stereocenters. The molecule has 0 aliphatic heterocycles. The first-order chi connectivity index (χ1) is 10.6. The van der Waals surface area contributed by atoms with Crippen molar-refractivity contribution in [2.24, 2.45) is 34.5 Å². The van der Waals surface area contributed by atoms with Gasteiger partial charge in [-0.05, 0) is 106 Å². The zero-order valence-corrected chi connectivity index (χ0v) is 15.6. The monoisotopic (exact) mass is 320 g/mol. The third-order valence-corrected chi connectivity index (χ3v) is 9.52. The van der Waals surface area contributed by atoms with Crippen molar-refractivity contribution in [3.8, 4) is 0 Å². The van der Waals surface area contributed by atoms with Gasteiger partial charge in [0.1, 0.15) is 0 Å². The Balaban J connectivity index is 1.63. The third kappa shape index (κ3) is 2.13. The summed E-state index contributed by atoms with van der Waals surface area (Å²) in [5.74, 6) is 3.06. The minimum absolute atomic E-state index is 0.136. The maximum absolute atomic E-state index is 11.0. The summed E-state index contributed by atoms with van der Waals surface area (Å²) in [6.07, 6.45) is 10.5. The van der Waals surface area contributed by atoms with Crippen molar-refractivity contribution >= 4 is 0 Å². The molecule has 0 radical (unpaired) electrons. The summed E-state index contributed by atoms with van der Waals surface area (Å²) in [7, 11) is 0. The molecule has 0 spiro atoms. The largest absolute Gasteiger partial charge is 0.390 e. The maximum Gasteiger partial charge on any atom is 0.0675 e. The number of hydrogen-bond donors (Lipinski definition) is 2. The smallest absolute Gasteiger partial charge is 0.0675 e. The van der Waals surface area contributed by atoms with Gasteiger partial charge >= 0.3 is 0 Å². The lowest BCUT2D eigenvalue weighted by Gasteiger charge is -2.62. The SMILES string of the molecule is C[C@@]1(O)CC[C@@]2(C)[C@@H](CC[C@@H]3[C@@H]2CC[C@@]2(C)[C@H]3CC[C@]2(C)O)C1. The summed E-state index contributed by atoms with van der Waals surface area (Å²) >= 11 is 0. The summed E-state index contributed by atoms with van der Waals surface area (Å²) in [5.41, 5.74) is -0.327. The quantitative estimate of drug-likeness (QED) is 0.688. The lowest BCUT2D eigenvalue weighted by Crippen LogP contribution is -2.57. The minimum Gasteiger partial charge on any atom is -0.390 e. The second kappa shape index (κ2) is 4.75. The van der Waals surface area contributed by atoms with Crippen molar-refractivity contribution in [1.82, 2.24) is 0 Å².